The van der Waals surface area contributed by atoms with Crippen molar-refractivity contribution >= 4 is 23.4 Å². The highest BCUT2D eigenvalue weighted by molar-refractivity contribution is 6.32. The third-order valence-corrected chi connectivity index (χ3v) is 4.06. The van der Waals surface area contributed by atoms with Crippen LogP contribution in [-0.2, 0) is 9.59 Å². The molecule has 126 valence electrons. The summed E-state index contributed by atoms with van der Waals surface area (Å²) in [5, 5.41) is 3.42. The third-order valence-electron chi connectivity index (χ3n) is 3.75. The average Bonchev–Trinajstić information content (AvgIpc) is 2.52. The maximum absolute atomic E-state index is 12.2. The van der Waals surface area contributed by atoms with Gasteiger partial charge in [0.25, 0.3) is 0 Å². The number of nitrogens with one attached hydrogen (secondary N) is 1. The van der Waals surface area contributed by atoms with Crippen LogP contribution in [0.1, 0.15) is 12.8 Å². The highest BCUT2D eigenvalue weighted by Gasteiger charge is 2.26. The van der Waals surface area contributed by atoms with Gasteiger partial charge < -0.3 is 15.8 Å². The monoisotopic (exact) mass is 339 g/mol. The van der Waals surface area contributed by atoms with Crippen molar-refractivity contribution in [3.63, 3.8) is 0 Å². The Morgan fingerprint density at radius 1 is 1.39 bits per heavy atom. The summed E-state index contributed by atoms with van der Waals surface area (Å²) in [6.45, 7) is 2.35. The minimum Gasteiger partial charge on any atom is -0.490 e. The number of hydrogen-bond donors (Lipinski definition) is 2. The second-order valence-corrected chi connectivity index (χ2v) is 6.02. The molecule has 7 heteroatoms. The molecule has 1 aliphatic heterocycles. The van der Waals surface area contributed by atoms with E-state index in [0.29, 0.717) is 30.5 Å². The van der Waals surface area contributed by atoms with E-state index in [-0.39, 0.29) is 24.3 Å². The van der Waals surface area contributed by atoms with Crippen molar-refractivity contribution in [1.29, 1.82) is 0 Å². The van der Waals surface area contributed by atoms with E-state index in [2.05, 4.69) is 5.32 Å². The first-order chi connectivity index (χ1) is 11.1. The fourth-order valence-electron chi connectivity index (χ4n) is 2.67. The van der Waals surface area contributed by atoms with Crippen molar-refractivity contribution < 1.29 is 14.3 Å². The molecule has 1 aromatic carbocycles. The number of nitrogens with zero attached hydrogens (tertiary/aromatic N) is 1. The van der Waals surface area contributed by atoms with E-state index in [4.69, 9.17) is 22.1 Å². The van der Waals surface area contributed by atoms with Crippen LogP contribution in [0.2, 0.25) is 5.02 Å². The molecule has 0 bridgehead atoms. The number of carbonyl (C=O) groups excluding carboxylic acids is 2. The minimum atomic E-state index is -0.362. The zero-order valence-electron chi connectivity index (χ0n) is 13.0. The van der Waals surface area contributed by atoms with Crippen molar-refractivity contribution in [3.8, 4) is 5.75 Å². The quantitative estimate of drug-likeness (QED) is 0.727. The first-order valence-corrected chi connectivity index (χ1v) is 8.09. The number of benzene rings is 1. The summed E-state index contributed by atoms with van der Waals surface area (Å²) < 4.78 is 5.53. The first kappa shape index (κ1) is 17.6. The van der Waals surface area contributed by atoms with Crippen molar-refractivity contribution in [2.75, 3.05) is 32.8 Å². The largest absolute Gasteiger partial charge is 0.490 e. The normalized spacial score (nSPS) is 18.4. The van der Waals surface area contributed by atoms with Gasteiger partial charge >= 0.3 is 0 Å². The minimum absolute atomic E-state index is 0.0121. The standard InChI is InChI=1S/C16H22ClN3O3/c17-13-5-1-2-6-14(13)23-9-7-19-16(22)12-4-3-8-20(10-12)11-15(18)21/h1-2,5-6,12H,3-4,7-11H2,(H2,18,21)(H,19,22)/t12-/m1/s1. The highest BCUT2D eigenvalue weighted by atomic mass is 35.5. The first-order valence-electron chi connectivity index (χ1n) is 7.72. The van der Waals surface area contributed by atoms with Crippen LogP contribution in [0.15, 0.2) is 24.3 Å². The molecule has 0 radical (unpaired) electrons. The van der Waals surface area contributed by atoms with E-state index >= 15 is 0 Å². The molecule has 23 heavy (non-hydrogen) atoms. The molecule has 1 aromatic rings. The predicted molar refractivity (Wildman–Crippen MR) is 88.3 cm³/mol. The number of carbonyl (C=O) groups is 2. The summed E-state index contributed by atoms with van der Waals surface area (Å²) in [4.78, 5) is 25.1. The lowest BCUT2D eigenvalue weighted by atomic mass is 9.97. The maximum atomic E-state index is 12.2. The third kappa shape index (κ3) is 5.73. The van der Waals surface area contributed by atoms with Gasteiger partial charge in [0, 0.05) is 6.54 Å². The number of rotatable bonds is 7. The van der Waals surface area contributed by atoms with Gasteiger partial charge in [-0.15, -0.1) is 0 Å². The van der Waals surface area contributed by atoms with E-state index in [1.165, 1.54) is 0 Å². The molecule has 2 amide bonds. The van der Waals surface area contributed by atoms with Crippen molar-refractivity contribution in [2.24, 2.45) is 11.7 Å². The van der Waals surface area contributed by atoms with Crippen molar-refractivity contribution in [2.45, 2.75) is 12.8 Å². The lowest BCUT2D eigenvalue weighted by molar-refractivity contribution is -0.128. The Morgan fingerprint density at radius 2 is 2.17 bits per heavy atom. The topological polar surface area (TPSA) is 84.7 Å². The molecule has 0 aromatic heterocycles. The van der Waals surface area contributed by atoms with E-state index in [0.717, 1.165) is 19.4 Å². The summed E-state index contributed by atoms with van der Waals surface area (Å²) in [5.41, 5.74) is 5.20. The van der Waals surface area contributed by atoms with Crippen LogP contribution in [0.4, 0.5) is 0 Å². The number of amides is 2. The highest BCUT2D eigenvalue weighted by Crippen LogP contribution is 2.22. The number of primary amides is 1. The summed E-state index contributed by atoms with van der Waals surface area (Å²) in [5.74, 6) is 0.123. The maximum Gasteiger partial charge on any atom is 0.231 e. The second-order valence-electron chi connectivity index (χ2n) is 5.61. The van der Waals surface area contributed by atoms with Gasteiger partial charge in [0.15, 0.2) is 0 Å². The van der Waals surface area contributed by atoms with E-state index < -0.39 is 0 Å². The Morgan fingerprint density at radius 3 is 2.91 bits per heavy atom. The van der Waals surface area contributed by atoms with Gasteiger partial charge in [-0.3, -0.25) is 14.5 Å². The molecule has 1 aliphatic rings. The van der Waals surface area contributed by atoms with Crippen LogP contribution in [0.3, 0.4) is 0 Å². The molecule has 1 fully saturated rings. The van der Waals surface area contributed by atoms with E-state index in [9.17, 15) is 9.59 Å². The van der Waals surface area contributed by atoms with Crippen LogP contribution >= 0.6 is 11.6 Å². The van der Waals surface area contributed by atoms with Gasteiger partial charge in [-0.05, 0) is 31.5 Å². The Kier molecular flexibility index (Phi) is 6.67. The number of para-hydroxylation sites is 1. The predicted octanol–water partition coefficient (Wildman–Crippen LogP) is 1.03. The summed E-state index contributed by atoms with van der Waals surface area (Å²) >= 11 is 5.99. The fourth-order valence-corrected chi connectivity index (χ4v) is 2.87. The number of ether oxygens (including phenoxy) is 1. The van der Waals surface area contributed by atoms with Crippen LogP contribution in [0, 0.1) is 5.92 Å². The molecule has 0 spiro atoms. The Bertz CT molecular complexity index is 553. The van der Waals surface area contributed by atoms with Gasteiger partial charge in [-0.1, -0.05) is 23.7 Å². The summed E-state index contributed by atoms with van der Waals surface area (Å²) in [7, 11) is 0. The zero-order chi connectivity index (χ0) is 16.7. The SMILES string of the molecule is NC(=O)CN1CCC[C@@H](C(=O)NCCOc2ccccc2Cl)C1. The van der Waals surface area contributed by atoms with Gasteiger partial charge in [0.05, 0.1) is 24.0 Å². The molecule has 3 N–H and O–H groups in total. The fraction of sp³-hybridized carbons (Fsp3) is 0.500. The molecule has 0 aliphatic carbocycles. The Balaban J connectivity index is 1.70. The molecular formula is C16H22ClN3O3. The number of nitrogens with two attached hydrogens (primary N) is 1. The van der Waals surface area contributed by atoms with Crippen LogP contribution in [-0.4, -0.2) is 49.5 Å². The zero-order valence-corrected chi connectivity index (χ0v) is 13.7. The number of halogens is 1. The van der Waals surface area contributed by atoms with Gasteiger partial charge in [0.2, 0.25) is 11.8 Å². The van der Waals surface area contributed by atoms with Gasteiger partial charge in [0.1, 0.15) is 12.4 Å². The van der Waals surface area contributed by atoms with Crippen LogP contribution in [0.5, 0.6) is 5.75 Å². The van der Waals surface area contributed by atoms with Crippen LogP contribution in [0.25, 0.3) is 0 Å². The second kappa shape index (κ2) is 8.74. The van der Waals surface area contributed by atoms with E-state index in [1.807, 2.05) is 17.0 Å². The molecule has 1 saturated heterocycles. The number of piperidine rings is 1. The Labute approximate surface area is 140 Å². The van der Waals surface area contributed by atoms with Gasteiger partial charge in [-0.2, -0.15) is 0 Å². The molecule has 0 unspecified atom stereocenters. The lowest BCUT2D eigenvalue weighted by Gasteiger charge is -2.30. The van der Waals surface area contributed by atoms with Gasteiger partial charge in [-0.25, -0.2) is 0 Å². The van der Waals surface area contributed by atoms with Crippen molar-refractivity contribution in [3.05, 3.63) is 29.3 Å². The number of likely N-dealkylation sites (tertiary alicyclic amines) is 1. The molecule has 0 saturated carbocycles. The lowest BCUT2D eigenvalue weighted by Crippen LogP contribution is -2.46. The summed E-state index contributed by atoms with van der Waals surface area (Å²) in [6.07, 6.45) is 1.72. The van der Waals surface area contributed by atoms with Crippen molar-refractivity contribution in [1.82, 2.24) is 10.2 Å². The molecule has 1 atom stereocenters. The average molecular weight is 340 g/mol. The number of hydrogen-bond acceptors (Lipinski definition) is 4. The summed E-state index contributed by atoms with van der Waals surface area (Å²) in [6, 6.07) is 7.21. The molecule has 1 heterocycles. The molecule has 6 nitrogen and oxygen atoms in total. The Hall–Kier alpha value is -1.79. The molecule has 2 rings (SSSR count). The van der Waals surface area contributed by atoms with Crippen LogP contribution < -0.4 is 15.8 Å². The smallest absolute Gasteiger partial charge is 0.231 e. The van der Waals surface area contributed by atoms with E-state index in [1.54, 1.807) is 12.1 Å². The molecular weight excluding hydrogens is 318 g/mol.